The number of nitrogens with one attached hydrogen (secondary N) is 1. The van der Waals surface area contributed by atoms with Crippen LogP contribution in [0.5, 0.6) is 5.75 Å². The highest BCUT2D eigenvalue weighted by Crippen LogP contribution is 2.47. The Morgan fingerprint density at radius 3 is 2.52 bits per heavy atom. The molecule has 0 spiro atoms. The molecule has 29 heavy (non-hydrogen) atoms. The Morgan fingerprint density at radius 1 is 1.00 bits per heavy atom. The Bertz CT molecular complexity index is 1070. The van der Waals surface area contributed by atoms with Crippen LogP contribution in [0, 0.1) is 5.92 Å². The van der Waals surface area contributed by atoms with Gasteiger partial charge in [-0.1, -0.05) is 42.5 Å². The topological polar surface area (TPSA) is 60.3 Å². The van der Waals surface area contributed by atoms with Crippen molar-refractivity contribution in [3.8, 4) is 5.75 Å². The predicted molar refractivity (Wildman–Crippen MR) is 108 cm³/mol. The molecule has 146 valence electrons. The van der Waals surface area contributed by atoms with Gasteiger partial charge in [0, 0.05) is 24.9 Å². The normalized spacial score (nSPS) is 22.7. The van der Waals surface area contributed by atoms with Gasteiger partial charge in [-0.15, -0.1) is 0 Å². The largest absolute Gasteiger partial charge is 0.489 e. The van der Waals surface area contributed by atoms with Crippen LogP contribution in [0.25, 0.3) is 0 Å². The minimum atomic E-state index is -0.397. The first kappa shape index (κ1) is 17.7. The minimum Gasteiger partial charge on any atom is -0.489 e. The van der Waals surface area contributed by atoms with Crippen LogP contribution in [-0.2, 0) is 29.7 Å². The van der Waals surface area contributed by atoms with E-state index >= 15 is 0 Å². The fourth-order valence-corrected chi connectivity index (χ4v) is 4.69. The Morgan fingerprint density at radius 2 is 1.76 bits per heavy atom. The quantitative estimate of drug-likeness (QED) is 0.700. The number of hydrogen-bond acceptors (Lipinski definition) is 3. The van der Waals surface area contributed by atoms with E-state index in [9.17, 15) is 9.59 Å². The lowest BCUT2D eigenvalue weighted by Gasteiger charge is -2.32. The fraction of sp³-hybridized carbons (Fsp3) is 0.250. The molecule has 2 amide bonds. The molecular weight excluding hydrogens is 364 g/mol. The molecule has 1 aliphatic carbocycles. The summed E-state index contributed by atoms with van der Waals surface area (Å²) in [5.41, 5.74) is 4.29. The maximum Gasteiger partial charge on any atom is 0.235 e. The number of hydrogen-bond donors (Lipinski definition) is 1. The molecule has 3 aromatic rings. The maximum absolute atomic E-state index is 12.6. The SMILES string of the molecule is Cn1ccc2c1CC(c1ccc(OCc3ccccc3)cc1)C1C(=O)NC(=O)C21. The molecule has 1 N–H and O–H groups in total. The third-order valence-corrected chi connectivity index (χ3v) is 6.17. The Balaban J connectivity index is 1.41. The van der Waals surface area contributed by atoms with Crippen LogP contribution in [0.4, 0.5) is 0 Å². The Labute approximate surface area is 169 Å². The first-order valence-electron chi connectivity index (χ1n) is 9.87. The molecular formula is C24H22N2O3. The van der Waals surface area contributed by atoms with E-state index in [1.807, 2.05) is 73.9 Å². The molecule has 1 fully saturated rings. The minimum absolute atomic E-state index is 0.0317. The summed E-state index contributed by atoms with van der Waals surface area (Å²) >= 11 is 0. The molecule has 5 nitrogen and oxygen atoms in total. The summed E-state index contributed by atoms with van der Waals surface area (Å²) in [6.45, 7) is 0.512. The summed E-state index contributed by atoms with van der Waals surface area (Å²) < 4.78 is 7.95. The molecule has 5 heteroatoms. The van der Waals surface area contributed by atoms with E-state index in [-0.39, 0.29) is 23.7 Å². The molecule has 2 aromatic carbocycles. The third-order valence-electron chi connectivity index (χ3n) is 6.17. The molecule has 0 radical (unpaired) electrons. The van der Waals surface area contributed by atoms with E-state index in [1.165, 1.54) is 0 Å². The monoisotopic (exact) mass is 386 g/mol. The summed E-state index contributed by atoms with van der Waals surface area (Å²) in [7, 11) is 1.99. The molecule has 2 heterocycles. The molecule has 0 bridgehead atoms. The lowest BCUT2D eigenvalue weighted by atomic mass is 9.69. The number of carbonyl (C=O) groups is 2. The number of carbonyl (C=O) groups excluding carboxylic acids is 2. The fourth-order valence-electron chi connectivity index (χ4n) is 4.69. The first-order chi connectivity index (χ1) is 14.1. The summed E-state index contributed by atoms with van der Waals surface area (Å²) in [6.07, 6.45) is 2.71. The number of aryl methyl sites for hydroxylation is 1. The summed E-state index contributed by atoms with van der Waals surface area (Å²) in [5, 5.41) is 2.55. The number of amides is 2. The standard InChI is InChI=1S/C24H22N2O3/c1-26-12-11-18-20(26)13-19(22-21(18)23(27)25-24(22)28)16-7-9-17(10-8-16)29-14-15-5-3-2-4-6-15/h2-12,19,21-22H,13-14H2,1H3,(H,25,27,28). The van der Waals surface area contributed by atoms with Gasteiger partial charge in [0.15, 0.2) is 0 Å². The van der Waals surface area contributed by atoms with Gasteiger partial charge in [0.25, 0.3) is 0 Å². The zero-order valence-corrected chi connectivity index (χ0v) is 16.2. The average molecular weight is 386 g/mol. The molecule has 0 saturated carbocycles. The molecule has 1 aliphatic heterocycles. The van der Waals surface area contributed by atoms with Crippen LogP contribution < -0.4 is 10.1 Å². The zero-order chi connectivity index (χ0) is 20.0. The highest BCUT2D eigenvalue weighted by atomic mass is 16.5. The van der Waals surface area contributed by atoms with E-state index in [0.29, 0.717) is 6.61 Å². The molecule has 3 atom stereocenters. The van der Waals surface area contributed by atoms with Gasteiger partial charge >= 0.3 is 0 Å². The van der Waals surface area contributed by atoms with E-state index in [4.69, 9.17) is 4.74 Å². The number of imide groups is 1. The van der Waals surface area contributed by atoms with Gasteiger partial charge in [0.1, 0.15) is 12.4 Å². The third kappa shape index (κ3) is 3.03. The van der Waals surface area contributed by atoms with Crippen LogP contribution in [0.1, 0.15) is 34.2 Å². The average Bonchev–Trinajstić information content (AvgIpc) is 3.26. The summed E-state index contributed by atoms with van der Waals surface area (Å²) in [6, 6.07) is 19.9. The maximum atomic E-state index is 12.6. The molecule has 1 saturated heterocycles. The Hall–Kier alpha value is -3.34. The van der Waals surface area contributed by atoms with E-state index in [2.05, 4.69) is 9.88 Å². The zero-order valence-electron chi connectivity index (χ0n) is 16.2. The molecule has 3 unspecified atom stereocenters. The second-order valence-electron chi connectivity index (χ2n) is 7.84. The van der Waals surface area contributed by atoms with Gasteiger partial charge in [0.2, 0.25) is 11.8 Å². The van der Waals surface area contributed by atoms with E-state index in [0.717, 1.165) is 34.6 Å². The highest BCUT2D eigenvalue weighted by Gasteiger charge is 2.51. The van der Waals surface area contributed by atoms with Crippen molar-refractivity contribution in [2.24, 2.45) is 13.0 Å². The van der Waals surface area contributed by atoms with Crippen LogP contribution in [0.15, 0.2) is 66.9 Å². The number of fused-ring (bicyclic) bond motifs is 3. The van der Waals surface area contributed by atoms with Gasteiger partial charge in [-0.3, -0.25) is 14.9 Å². The molecule has 2 aliphatic rings. The van der Waals surface area contributed by atoms with E-state index in [1.54, 1.807) is 0 Å². The number of rotatable bonds is 4. The second kappa shape index (κ2) is 6.92. The van der Waals surface area contributed by atoms with Gasteiger partial charge in [-0.25, -0.2) is 0 Å². The van der Waals surface area contributed by atoms with Crippen molar-refractivity contribution in [3.63, 3.8) is 0 Å². The van der Waals surface area contributed by atoms with Gasteiger partial charge in [-0.2, -0.15) is 0 Å². The van der Waals surface area contributed by atoms with Crippen molar-refractivity contribution >= 4 is 11.8 Å². The van der Waals surface area contributed by atoms with E-state index < -0.39 is 5.92 Å². The smallest absolute Gasteiger partial charge is 0.235 e. The number of aromatic nitrogens is 1. The number of nitrogens with zero attached hydrogens (tertiary/aromatic N) is 1. The number of benzene rings is 2. The van der Waals surface area contributed by atoms with Crippen molar-refractivity contribution in [2.45, 2.75) is 24.9 Å². The van der Waals surface area contributed by atoms with Crippen molar-refractivity contribution in [1.82, 2.24) is 9.88 Å². The molecule has 1 aromatic heterocycles. The molecule has 5 rings (SSSR count). The second-order valence-corrected chi connectivity index (χ2v) is 7.84. The van der Waals surface area contributed by atoms with Gasteiger partial charge in [-0.05, 0) is 41.3 Å². The van der Waals surface area contributed by atoms with Crippen molar-refractivity contribution in [3.05, 3.63) is 89.2 Å². The van der Waals surface area contributed by atoms with Crippen LogP contribution in [0.2, 0.25) is 0 Å². The summed E-state index contributed by atoms with van der Waals surface area (Å²) in [4.78, 5) is 25.1. The Kier molecular flexibility index (Phi) is 4.23. The first-order valence-corrected chi connectivity index (χ1v) is 9.87. The van der Waals surface area contributed by atoms with Gasteiger partial charge < -0.3 is 9.30 Å². The highest BCUT2D eigenvalue weighted by molar-refractivity contribution is 6.08. The van der Waals surface area contributed by atoms with Crippen LogP contribution >= 0.6 is 0 Å². The van der Waals surface area contributed by atoms with Crippen molar-refractivity contribution < 1.29 is 14.3 Å². The van der Waals surface area contributed by atoms with Crippen LogP contribution in [0.3, 0.4) is 0 Å². The predicted octanol–water partition coefficient (Wildman–Crippen LogP) is 3.30. The lowest BCUT2D eigenvalue weighted by molar-refractivity contribution is -0.126. The number of ether oxygens (including phenoxy) is 1. The van der Waals surface area contributed by atoms with Gasteiger partial charge in [0.05, 0.1) is 11.8 Å². The van der Waals surface area contributed by atoms with Crippen LogP contribution in [-0.4, -0.2) is 16.4 Å². The van der Waals surface area contributed by atoms with Crippen molar-refractivity contribution in [1.29, 1.82) is 0 Å². The lowest BCUT2D eigenvalue weighted by Crippen LogP contribution is -2.31. The van der Waals surface area contributed by atoms with Crippen molar-refractivity contribution in [2.75, 3.05) is 0 Å². The summed E-state index contributed by atoms with van der Waals surface area (Å²) in [5.74, 6) is -0.337.